The summed E-state index contributed by atoms with van der Waals surface area (Å²) in [7, 11) is 0. The molecule has 0 aliphatic heterocycles. The molecular weight excluding hydrogens is 283 g/mol. The van der Waals surface area contributed by atoms with Crippen molar-refractivity contribution in [3.63, 3.8) is 0 Å². The minimum atomic E-state index is -5.11. The first-order valence-electron chi connectivity index (χ1n) is 4.91. The number of carbonyl (C=O) groups excluding carboxylic acids is 2. The average molecular weight is 289 g/mol. The summed E-state index contributed by atoms with van der Waals surface area (Å²) in [5.74, 6) is -2.33. The number of rotatable bonds is 1. The lowest BCUT2D eigenvalue weighted by Gasteiger charge is -2.06. The monoisotopic (exact) mass is 289 g/mol. The molecule has 0 saturated heterocycles. The minimum absolute atomic E-state index is 0.105. The molecule has 2 aromatic rings. The number of nitrogens with zero attached hydrogens (tertiary/aromatic N) is 1. The third-order valence-electron chi connectivity index (χ3n) is 2.00. The summed E-state index contributed by atoms with van der Waals surface area (Å²) >= 11 is 1.08. The van der Waals surface area contributed by atoms with Gasteiger partial charge < -0.3 is 0 Å². The molecule has 1 heterocycles. The molecule has 0 atom stereocenters. The van der Waals surface area contributed by atoms with Gasteiger partial charge in [0.05, 0.1) is 10.2 Å². The first-order chi connectivity index (χ1) is 8.86. The van der Waals surface area contributed by atoms with E-state index in [1.54, 1.807) is 24.3 Å². The van der Waals surface area contributed by atoms with Crippen LogP contribution in [-0.2, 0) is 4.79 Å². The zero-order chi connectivity index (χ0) is 14.0. The van der Waals surface area contributed by atoms with Crippen molar-refractivity contribution in [1.82, 2.24) is 10.3 Å². The van der Waals surface area contributed by atoms with Crippen molar-refractivity contribution >= 4 is 38.6 Å². The van der Waals surface area contributed by atoms with Crippen molar-refractivity contribution in [2.75, 3.05) is 5.32 Å². The van der Waals surface area contributed by atoms with Crippen LogP contribution >= 0.6 is 11.3 Å². The number of nitrogens with one attached hydrogen (secondary N) is 2. The van der Waals surface area contributed by atoms with Gasteiger partial charge in [0.2, 0.25) is 0 Å². The van der Waals surface area contributed by atoms with Crippen LogP contribution in [0.3, 0.4) is 0 Å². The Balaban J connectivity index is 2.05. The summed E-state index contributed by atoms with van der Waals surface area (Å²) < 4.78 is 36.5. The number of imide groups is 1. The van der Waals surface area contributed by atoms with E-state index in [2.05, 4.69) is 10.3 Å². The van der Waals surface area contributed by atoms with Crippen molar-refractivity contribution in [3.05, 3.63) is 24.3 Å². The maximum atomic E-state index is 11.9. The Morgan fingerprint density at radius 1 is 1.21 bits per heavy atom. The van der Waals surface area contributed by atoms with E-state index in [0.29, 0.717) is 5.52 Å². The van der Waals surface area contributed by atoms with Crippen LogP contribution in [0, 0.1) is 0 Å². The van der Waals surface area contributed by atoms with Crippen molar-refractivity contribution in [1.29, 1.82) is 0 Å². The number of hydrogen-bond acceptors (Lipinski definition) is 4. The van der Waals surface area contributed by atoms with Gasteiger partial charge in [-0.2, -0.15) is 13.2 Å². The molecule has 0 unspecified atom stereocenters. The molecule has 100 valence electrons. The summed E-state index contributed by atoms with van der Waals surface area (Å²) in [5.41, 5.74) is 0.602. The van der Waals surface area contributed by atoms with Crippen LogP contribution < -0.4 is 10.6 Å². The number of urea groups is 1. The number of anilines is 1. The largest absolute Gasteiger partial charge is 0.471 e. The van der Waals surface area contributed by atoms with Crippen molar-refractivity contribution in [2.24, 2.45) is 0 Å². The molecule has 0 aliphatic carbocycles. The zero-order valence-corrected chi connectivity index (χ0v) is 9.93. The van der Waals surface area contributed by atoms with Crippen LogP contribution in [-0.4, -0.2) is 23.1 Å². The standard InChI is InChI=1S/C10H6F3N3O2S/c11-10(12,13)7(17)15-8(18)16-9-14-5-3-1-2-4-6(5)19-9/h1-4H,(H2,14,15,16,17,18). The fourth-order valence-corrected chi connectivity index (χ4v) is 2.09. The Kier molecular flexibility index (Phi) is 3.38. The summed E-state index contributed by atoms with van der Waals surface area (Å²) in [6.07, 6.45) is -5.11. The van der Waals surface area contributed by atoms with E-state index in [-0.39, 0.29) is 5.13 Å². The number of carbonyl (C=O) groups is 2. The molecule has 0 aliphatic rings. The highest BCUT2D eigenvalue weighted by Crippen LogP contribution is 2.25. The van der Waals surface area contributed by atoms with Crippen molar-refractivity contribution in [3.8, 4) is 0 Å². The van der Waals surface area contributed by atoms with Gasteiger partial charge in [0.25, 0.3) is 0 Å². The van der Waals surface area contributed by atoms with E-state index < -0.39 is 18.1 Å². The Hall–Kier alpha value is -2.16. The molecule has 0 saturated carbocycles. The van der Waals surface area contributed by atoms with Gasteiger partial charge in [-0.3, -0.25) is 15.4 Å². The van der Waals surface area contributed by atoms with Gasteiger partial charge in [0, 0.05) is 0 Å². The van der Waals surface area contributed by atoms with E-state index in [1.807, 2.05) is 0 Å². The Bertz CT molecular complexity index is 605. The SMILES string of the molecule is O=C(NC(=O)C(F)(F)F)Nc1nc2ccccc2s1. The number of hydrogen-bond donors (Lipinski definition) is 2. The molecule has 2 rings (SSSR count). The smallest absolute Gasteiger partial charge is 0.283 e. The van der Waals surface area contributed by atoms with Crippen LogP contribution in [0.5, 0.6) is 0 Å². The number of halogens is 3. The van der Waals surface area contributed by atoms with E-state index in [9.17, 15) is 22.8 Å². The normalized spacial score (nSPS) is 11.3. The number of aromatic nitrogens is 1. The highest BCUT2D eigenvalue weighted by molar-refractivity contribution is 7.22. The molecule has 1 aromatic carbocycles. The Labute approximate surface area is 108 Å². The van der Waals surface area contributed by atoms with E-state index in [4.69, 9.17) is 0 Å². The number of para-hydroxylation sites is 1. The van der Waals surface area contributed by atoms with Gasteiger partial charge in [-0.15, -0.1) is 0 Å². The van der Waals surface area contributed by atoms with Crippen LogP contribution in [0.2, 0.25) is 0 Å². The molecule has 9 heteroatoms. The zero-order valence-electron chi connectivity index (χ0n) is 9.12. The maximum Gasteiger partial charge on any atom is 0.471 e. The summed E-state index contributed by atoms with van der Waals surface area (Å²) in [6, 6.07) is 5.66. The molecule has 0 radical (unpaired) electrons. The van der Waals surface area contributed by atoms with Gasteiger partial charge in [-0.1, -0.05) is 23.5 Å². The predicted octanol–water partition coefficient (Wildman–Crippen LogP) is 2.51. The van der Waals surface area contributed by atoms with Crippen LogP contribution in [0.1, 0.15) is 0 Å². The fraction of sp³-hybridized carbons (Fsp3) is 0.100. The van der Waals surface area contributed by atoms with Gasteiger partial charge in [-0.05, 0) is 12.1 Å². The van der Waals surface area contributed by atoms with Crippen LogP contribution in [0.15, 0.2) is 24.3 Å². The third-order valence-corrected chi connectivity index (χ3v) is 2.95. The van der Waals surface area contributed by atoms with Crippen molar-refractivity contribution in [2.45, 2.75) is 6.18 Å². The highest BCUT2D eigenvalue weighted by Gasteiger charge is 2.39. The summed E-state index contributed by atoms with van der Waals surface area (Å²) in [6.45, 7) is 0. The van der Waals surface area contributed by atoms with Gasteiger partial charge >= 0.3 is 18.1 Å². The minimum Gasteiger partial charge on any atom is -0.283 e. The molecule has 0 bridgehead atoms. The molecule has 2 N–H and O–H groups in total. The molecule has 0 fully saturated rings. The lowest BCUT2D eigenvalue weighted by Crippen LogP contribution is -2.42. The predicted molar refractivity (Wildman–Crippen MR) is 62.8 cm³/mol. The second-order valence-electron chi connectivity index (χ2n) is 3.39. The number of benzene rings is 1. The number of thiazole rings is 1. The van der Waals surface area contributed by atoms with Gasteiger partial charge in [0.15, 0.2) is 5.13 Å². The number of alkyl halides is 3. The highest BCUT2D eigenvalue weighted by atomic mass is 32.1. The Morgan fingerprint density at radius 2 is 1.89 bits per heavy atom. The maximum absolute atomic E-state index is 11.9. The van der Waals surface area contributed by atoms with Crippen LogP contribution in [0.25, 0.3) is 10.2 Å². The second kappa shape index (κ2) is 4.84. The topological polar surface area (TPSA) is 71.1 Å². The molecule has 3 amide bonds. The van der Waals surface area contributed by atoms with Gasteiger partial charge in [0.1, 0.15) is 0 Å². The second-order valence-corrected chi connectivity index (χ2v) is 4.42. The fourth-order valence-electron chi connectivity index (χ4n) is 1.23. The number of amides is 3. The van der Waals surface area contributed by atoms with E-state index in [1.165, 1.54) is 5.32 Å². The molecule has 1 aromatic heterocycles. The Morgan fingerprint density at radius 3 is 2.53 bits per heavy atom. The lowest BCUT2D eigenvalue weighted by atomic mass is 10.3. The quantitative estimate of drug-likeness (QED) is 0.847. The summed E-state index contributed by atoms with van der Waals surface area (Å²) in [4.78, 5) is 25.7. The average Bonchev–Trinajstić information content (AvgIpc) is 2.69. The molecule has 0 spiro atoms. The van der Waals surface area contributed by atoms with E-state index in [0.717, 1.165) is 16.0 Å². The van der Waals surface area contributed by atoms with Crippen molar-refractivity contribution < 1.29 is 22.8 Å². The first kappa shape index (κ1) is 13.3. The number of fused-ring (bicyclic) bond motifs is 1. The van der Waals surface area contributed by atoms with Crippen LogP contribution in [0.4, 0.5) is 23.1 Å². The lowest BCUT2D eigenvalue weighted by molar-refractivity contribution is -0.172. The molecular formula is C10H6F3N3O2S. The van der Waals surface area contributed by atoms with E-state index >= 15 is 0 Å². The molecule has 5 nitrogen and oxygen atoms in total. The summed E-state index contributed by atoms with van der Waals surface area (Å²) in [5, 5.41) is 3.34. The first-order valence-corrected chi connectivity index (χ1v) is 5.72. The van der Waals surface area contributed by atoms with Gasteiger partial charge in [-0.25, -0.2) is 9.78 Å². The third kappa shape index (κ3) is 3.19. The molecule has 19 heavy (non-hydrogen) atoms.